The van der Waals surface area contributed by atoms with Gasteiger partial charge in [-0.3, -0.25) is 0 Å². The molecule has 24 heavy (non-hydrogen) atoms. The zero-order valence-electron chi connectivity index (χ0n) is 14.9. The van der Waals surface area contributed by atoms with Crippen molar-refractivity contribution in [2.24, 2.45) is 0 Å². The predicted molar refractivity (Wildman–Crippen MR) is 101 cm³/mol. The highest BCUT2D eigenvalue weighted by Crippen LogP contribution is 2.19. The average molecular weight is 328 g/mol. The summed E-state index contributed by atoms with van der Waals surface area (Å²) in [5.74, 6) is 0.794. The van der Waals surface area contributed by atoms with Crippen molar-refractivity contribution < 1.29 is 9.84 Å². The van der Waals surface area contributed by atoms with Crippen LogP contribution < -0.4 is 14.5 Å². The lowest BCUT2D eigenvalue weighted by Crippen LogP contribution is -2.18. The molecule has 0 unspecified atom stereocenters. The molecule has 0 heterocycles. The molecule has 4 heteroatoms. The molecule has 0 aliphatic rings. The number of aliphatic hydroxyl groups excluding tert-OH is 1. The molecule has 0 aromatic heterocycles. The van der Waals surface area contributed by atoms with Gasteiger partial charge in [0.05, 0.1) is 6.61 Å². The van der Waals surface area contributed by atoms with Gasteiger partial charge in [0.15, 0.2) is 0 Å². The number of benzene rings is 2. The summed E-state index contributed by atoms with van der Waals surface area (Å²) in [5, 5.41) is 8.77. The molecule has 0 amide bonds. The first-order valence-corrected chi connectivity index (χ1v) is 8.41. The van der Waals surface area contributed by atoms with Crippen LogP contribution in [0.3, 0.4) is 0 Å². The van der Waals surface area contributed by atoms with Crippen LogP contribution in [-0.4, -0.2) is 46.0 Å². The SMILES string of the molecule is CN(C)c1ccc(CCCN(C)c2ccc(OCCO)cc2)cc1. The zero-order valence-corrected chi connectivity index (χ0v) is 14.9. The smallest absolute Gasteiger partial charge is 0.119 e. The van der Waals surface area contributed by atoms with Gasteiger partial charge in [0.25, 0.3) is 0 Å². The van der Waals surface area contributed by atoms with E-state index in [1.54, 1.807) is 0 Å². The summed E-state index contributed by atoms with van der Waals surface area (Å²) in [5.41, 5.74) is 3.79. The van der Waals surface area contributed by atoms with E-state index in [-0.39, 0.29) is 6.61 Å². The van der Waals surface area contributed by atoms with Crippen molar-refractivity contribution >= 4 is 11.4 Å². The first-order chi connectivity index (χ1) is 11.6. The van der Waals surface area contributed by atoms with Crippen molar-refractivity contribution in [3.8, 4) is 5.75 Å². The first-order valence-electron chi connectivity index (χ1n) is 8.41. The molecular weight excluding hydrogens is 300 g/mol. The van der Waals surface area contributed by atoms with Crippen LogP contribution in [0.4, 0.5) is 11.4 Å². The van der Waals surface area contributed by atoms with E-state index in [1.807, 2.05) is 12.1 Å². The fourth-order valence-electron chi connectivity index (χ4n) is 2.57. The predicted octanol–water partition coefficient (Wildman–Crippen LogP) is 3.19. The van der Waals surface area contributed by atoms with Gasteiger partial charge in [-0.2, -0.15) is 0 Å². The number of hydrogen-bond acceptors (Lipinski definition) is 4. The summed E-state index contributed by atoms with van der Waals surface area (Å²) in [6.07, 6.45) is 2.19. The lowest BCUT2D eigenvalue weighted by Gasteiger charge is -2.20. The first kappa shape index (κ1) is 18.1. The van der Waals surface area contributed by atoms with Gasteiger partial charge in [0, 0.05) is 39.1 Å². The molecule has 0 spiro atoms. The summed E-state index contributed by atoms with van der Waals surface area (Å²) in [6.45, 7) is 1.38. The van der Waals surface area contributed by atoms with E-state index in [0.29, 0.717) is 6.61 Å². The summed E-state index contributed by atoms with van der Waals surface area (Å²) >= 11 is 0. The molecule has 0 atom stereocenters. The normalized spacial score (nSPS) is 10.5. The molecular formula is C20H28N2O2. The Kier molecular flexibility index (Phi) is 6.94. The largest absolute Gasteiger partial charge is 0.491 e. The second-order valence-corrected chi connectivity index (χ2v) is 6.15. The van der Waals surface area contributed by atoms with Crippen molar-refractivity contribution in [1.29, 1.82) is 0 Å². The zero-order chi connectivity index (χ0) is 17.4. The summed E-state index contributed by atoms with van der Waals surface area (Å²) in [4.78, 5) is 4.37. The van der Waals surface area contributed by atoms with E-state index in [4.69, 9.17) is 9.84 Å². The number of anilines is 2. The second kappa shape index (κ2) is 9.18. The Morgan fingerprint density at radius 2 is 1.50 bits per heavy atom. The minimum Gasteiger partial charge on any atom is -0.491 e. The van der Waals surface area contributed by atoms with Crippen LogP contribution in [-0.2, 0) is 6.42 Å². The highest BCUT2D eigenvalue weighted by Gasteiger charge is 2.03. The quantitative estimate of drug-likeness (QED) is 0.767. The van der Waals surface area contributed by atoms with E-state index < -0.39 is 0 Å². The van der Waals surface area contributed by atoms with Gasteiger partial charge in [0.2, 0.25) is 0 Å². The summed E-state index contributed by atoms with van der Waals surface area (Å²) in [6, 6.07) is 16.8. The highest BCUT2D eigenvalue weighted by atomic mass is 16.5. The molecule has 0 aliphatic heterocycles. The number of rotatable bonds is 9. The Morgan fingerprint density at radius 3 is 2.08 bits per heavy atom. The van der Waals surface area contributed by atoms with Crippen molar-refractivity contribution in [3.63, 3.8) is 0 Å². The molecule has 0 saturated heterocycles. The van der Waals surface area contributed by atoms with E-state index >= 15 is 0 Å². The van der Waals surface area contributed by atoms with E-state index in [1.165, 1.54) is 16.9 Å². The van der Waals surface area contributed by atoms with Crippen molar-refractivity contribution in [2.75, 3.05) is 50.7 Å². The maximum atomic E-state index is 8.77. The minimum atomic E-state index is 0.0389. The lowest BCUT2D eigenvalue weighted by atomic mass is 10.1. The summed E-state index contributed by atoms with van der Waals surface area (Å²) in [7, 11) is 6.23. The molecule has 0 fully saturated rings. The van der Waals surface area contributed by atoms with E-state index in [0.717, 1.165) is 25.1 Å². The van der Waals surface area contributed by atoms with Gasteiger partial charge in [-0.15, -0.1) is 0 Å². The van der Waals surface area contributed by atoms with Gasteiger partial charge in [-0.25, -0.2) is 0 Å². The molecule has 0 aliphatic carbocycles. The Morgan fingerprint density at radius 1 is 0.875 bits per heavy atom. The number of aliphatic hydroxyl groups is 1. The standard InChI is InChI=1S/C20H28N2O2/c1-21(2)18-8-6-17(7-9-18)5-4-14-22(3)19-10-12-20(13-11-19)24-16-15-23/h6-13,23H,4-5,14-16H2,1-3H3. The Bertz CT molecular complexity index is 594. The molecule has 4 nitrogen and oxygen atoms in total. The minimum absolute atomic E-state index is 0.0389. The molecule has 2 aromatic carbocycles. The molecule has 0 bridgehead atoms. The van der Waals surface area contributed by atoms with Crippen LogP contribution in [0.25, 0.3) is 0 Å². The molecule has 130 valence electrons. The van der Waals surface area contributed by atoms with Gasteiger partial charge in [-0.05, 0) is 54.8 Å². The van der Waals surface area contributed by atoms with Crippen LogP contribution in [0.15, 0.2) is 48.5 Å². The maximum Gasteiger partial charge on any atom is 0.119 e. The number of ether oxygens (including phenoxy) is 1. The van der Waals surface area contributed by atoms with Crippen LogP contribution in [0.2, 0.25) is 0 Å². The molecule has 1 N–H and O–H groups in total. The summed E-state index contributed by atoms with van der Waals surface area (Å²) < 4.78 is 5.38. The lowest BCUT2D eigenvalue weighted by molar-refractivity contribution is 0.201. The third-order valence-electron chi connectivity index (χ3n) is 4.05. The van der Waals surface area contributed by atoms with E-state index in [2.05, 4.69) is 67.3 Å². The van der Waals surface area contributed by atoms with Crippen molar-refractivity contribution in [2.45, 2.75) is 12.8 Å². The van der Waals surface area contributed by atoms with E-state index in [9.17, 15) is 0 Å². The number of hydrogen-bond donors (Lipinski definition) is 1. The van der Waals surface area contributed by atoms with Crippen LogP contribution in [0.1, 0.15) is 12.0 Å². The molecule has 0 radical (unpaired) electrons. The maximum absolute atomic E-state index is 8.77. The van der Waals surface area contributed by atoms with Crippen LogP contribution >= 0.6 is 0 Å². The van der Waals surface area contributed by atoms with Gasteiger partial charge in [0.1, 0.15) is 12.4 Å². The molecule has 0 saturated carbocycles. The fraction of sp³-hybridized carbons (Fsp3) is 0.400. The van der Waals surface area contributed by atoms with Crippen LogP contribution in [0, 0.1) is 0 Å². The number of nitrogens with zero attached hydrogens (tertiary/aromatic N) is 2. The Labute approximate surface area is 145 Å². The van der Waals surface area contributed by atoms with Crippen LogP contribution in [0.5, 0.6) is 5.75 Å². The third kappa shape index (κ3) is 5.46. The molecule has 2 rings (SSSR count). The second-order valence-electron chi connectivity index (χ2n) is 6.15. The fourth-order valence-corrected chi connectivity index (χ4v) is 2.57. The third-order valence-corrected chi connectivity index (χ3v) is 4.05. The molecule has 2 aromatic rings. The average Bonchev–Trinajstić information content (AvgIpc) is 2.60. The number of aryl methyl sites for hydroxylation is 1. The Balaban J connectivity index is 1.79. The van der Waals surface area contributed by atoms with Gasteiger partial charge < -0.3 is 19.6 Å². The topological polar surface area (TPSA) is 35.9 Å². The van der Waals surface area contributed by atoms with Gasteiger partial charge >= 0.3 is 0 Å². The monoisotopic (exact) mass is 328 g/mol. The Hall–Kier alpha value is -2.20. The van der Waals surface area contributed by atoms with Crippen molar-refractivity contribution in [3.05, 3.63) is 54.1 Å². The van der Waals surface area contributed by atoms with Crippen molar-refractivity contribution in [1.82, 2.24) is 0 Å². The van der Waals surface area contributed by atoms with Gasteiger partial charge in [-0.1, -0.05) is 12.1 Å². The highest BCUT2D eigenvalue weighted by molar-refractivity contribution is 5.48.